The maximum Gasteiger partial charge on any atom is 0.0202 e. The Morgan fingerprint density at radius 3 is 1.66 bits per heavy atom. The lowest BCUT2D eigenvalue weighted by Crippen LogP contribution is -2.26. The average molecular weight is 499 g/mol. The van der Waals surface area contributed by atoms with Gasteiger partial charge in [-0.05, 0) is 133 Å². The van der Waals surface area contributed by atoms with Crippen LogP contribution in [0, 0.1) is 33.6 Å². The van der Waals surface area contributed by atoms with Gasteiger partial charge in [-0.25, -0.2) is 0 Å². The van der Waals surface area contributed by atoms with Crippen LogP contribution in [-0.2, 0) is 18.3 Å². The van der Waals surface area contributed by atoms with Gasteiger partial charge in [-0.1, -0.05) is 91.9 Å². The minimum Gasteiger partial charge on any atom is -0.0588 e. The van der Waals surface area contributed by atoms with Crippen molar-refractivity contribution in [1.82, 2.24) is 0 Å². The molecule has 2 fully saturated rings. The van der Waals surface area contributed by atoms with Gasteiger partial charge in [0.2, 0.25) is 0 Å². The molecule has 0 spiro atoms. The van der Waals surface area contributed by atoms with Crippen LogP contribution in [0.1, 0.15) is 93.7 Å². The van der Waals surface area contributed by atoms with Crippen molar-refractivity contribution < 1.29 is 0 Å². The standard InChI is InChI=1S/C38H42/c1-25-6-8-30(22-27(25)3)10-9-29-11-16-33(17-12-29)38(5,35-20-21-35)34-18-14-31(15-19-34)36-24-37(36)32-13-7-26(2)28(4)23-32/h6-8,11-19,22-23,35-37H,9-10,20-21,24H2,1-5H3. The maximum absolute atomic E-state index is 2.48. The van der Waals surface area contributed by atoms with Crippen LogP contribution >= 0.6 is 0 Å². The lowest BCUT2D eigenvalue weighted by molar-refractivity contribution is 0.494. The van der Waals surface area contributed by atoms with Crippen LogP contribution in [0.3, 0.4) is 0 Å². The van der Waals surface area contributed by atoms with Crippen LogP contribution in [-0.4, -0.2) is 0 Å². The Balaban J connectivity index is 1.16. The van der Waals surface area contributed by atoms with E-state index in [-0.39, 0.29) is 5.41 Å². The SMILES string of the molecule is Cc1ccc(CCc2ccc(C(C)(c3ccc(C4CC4c4ccc(C)c(C)c4)cc3)C3CC3)cc2)cc1C. The number of hydrogen-bond acceptors (Lipinski definition) is 0. The predicted molar refractivity (Wildman–Crippen MR) is 161 cm³/mol. The lowest BCUT2D eigenvalue weighted by Gasteiger charge is -2.32. The van der Waals surface area contributed by atoms with E-state index >= 15 is 0 Å². The highest BCUT2D eigenvalue weighted by molar-refractivity contribution is 5.46. The van der Waals surface area contributed by atoms with Crippen molar-refractivity contribution in [3.63, 3.8) is 0 Å². The van der Waals surface area contributed by atoms with Crippen molar-refractivity contribution in [3.05, 3.63) is 141 Å². The summed E-state index contributed by atoms with van der Waals surface area (Å²) in [5.74, 6) is 2.11. The lowest BCUT2D eigenvalue weighted by atomic mass is 9.72. The van der Waals surface area contributed by atoms with Crippen molar-refractivity contribution in [1.29, 1.82) is 0 Å². The molecule has 6 rings (SSSR count). The molecule has 0 aromatic heterocycles. The van der Waals surface area contributed by atoms with Crippen LogP contribution in [0.4, 0.5) is 0 Å². The first-order valence-corrected chi connectivity index (χ1v) is 14.7. The summed E-state index contributed by atoms with van der Waals surface area (Å²) in [6.07, 6.45) is 6.16. The van der Waals surface area contributed by atoms with Crippen LogP contribution in [0.15, 0.2) is 84.9 Å². The van der Waals surface area contributed by atoms with Gasteiger partial charge in [0, 0.05) is 5.41 Å². The van der Waals surface area contributed by atoms with Gasteiger partial charge in [0.05, 0.1) is 0 Å². The Morgan fingerprint density at radius 2 is 1.05 bits per heavy atom. The van der Waals surface area contributed by atoms with Crippen molar-refractivity contribution >= 4 is 0 Å². The first-order valence-electron chi connectivity index (χ1n) is 14.7. The Kier molecular flexibility index (Phi) is 6.55. The normalized spacial score (nSPS) is 20.2. The van der Waals surface area contributed by atoms with E-state index in [1.807, 2.05) is 0 Å². The molecule has 0 N–H and O–H groups in total. The first-order chi connectivity index (χ1) is 18.3. The minimum atomic E-state index is 0.0994. The zero-order valence-corrected chi connectivity index (χ0v) is 23.9. The fourth-order valence-corrected chi connectivity index (χ4v) is 6.57. The Hall–Kier alpha value is -3.12. The van der Waals surface area contributed by atoms with E-state index in [4.69, 9.17) is 0 Å². The minimum absolute atomic E-state index is 0.0994. The van der Waals surface area contributed by atoms with E-state index in [2.05, 4.69) is 120 Å². The second-order valence-corrected chi connectivity index (χ2v) is 12.5. The highest BCUT2D eigenvalue weighted by atomic mass is 14.5. The topological polar surface area (TPSA) is 0 Å². The predicted octanol–water partition coefficient (Wildman–Crippen LogP) is 9.69. The van der Waals surface area contributed by atoms with Crippen molar-refractivity contribution in [2.45, 2.75) is 84.0 Å². The average Bonchev–Trinajstić information content (AvgIpc) is 3.85. The Morgan fingerprint density at radius 1 is 0.553 bits per heavy atom. The van der Waals surface area contributed by atoms with Gasteiger partial charge in [-0.3, -0.25) is 0 Å². The molecule has 2 aliphatic carbocycles. The van der Waals surface area contributed by atoms with E-state index in [1.54, 1.807) is 0 Å². The molecule has 0 radical (unpaired) electrons. The smallest absolute Gasteiger partial charge is 0.0202 e. The van der Waals surface area contributed by atoms with Gasteiger partial charge < -0.3 is 0 Å². The van der Waals surface area contributed by atoms with Gasteiger partial charge in [0.1, 0.15) is 0 Å². The third kappa shape index (κ3) is 4.86. The maximum atomic E-state index is 2.48. The van der Waals surface area contributed by atoms with Crippen LogP contribution in [0.5, 0.6) is 0 Å². The summed E-state index contributed by atoms with van der Waals surface area (Å²) in [5.41, 5.74) is 14.5. The molecule has 0 saturated heterocycles. The van der Waals surface area contributed by atoms with Gasteiger partial charge in [-0.2, -0.15) is 0 Å². The molecule has 0 aliphatic heterocycles. The summed E-state index contributed by atoms with van der Waals surface area (Å²) in [5, 5.41) is 0. The molecule has 3 unspecified atom stereocenters. The number of benzene rings is 4. The Bertz CT molecular complexity index is 1430. The zero-order valence-electron chi connectivity index (χ0n) is 23.9. The second kappa shape index (κ2) is 9.88. The number of hydrogen-bond donors (Lipinski definition) is 0. The van der Waals surface area contributed by atoms with Crippen molar-refractivity contribution in [2.75, 3.05) is 0 Å². The third-order valence-electron chi connectivity index (χ3n) is 9.91. The summed E-state index contributed by atoms with van der Waals surface area (Å²) >= 11 is 0. The number of rotatable bonds is 8. The molecule has 0 heterocycles. The summed E-state index contributed by atoms with van der Waals surface area (Å²) in [6, 6.07) is 33.3. The van der Waals surface area contributed by atoms with Crippen molar-refractivity contribution in [3.8, 4) is 0 Å². The molecule has 38 heavy (non-hydrogen) atoms. The molecule has 0 amide bonds. The highest BCUT2D eigenvalue weighted by Gasteiger charge is 2.44. The molecule has 2 aliphatic rings. The monoisotopic (exact) mass is 498 g/mol. The molecule has 0 heteroatoms. The van der Waals surface area contributed by atoms with Crippen molar-refractivity contribution in [2.24, 2.45) is 5.92 Å². The molecular formula is C38H42. The van der Waals surface area contributed by atoms with E-state index in [1.165, 1.54) is 74.9 Å². The van der Waals surface area contributed by atoms with Crippen LogP contribution in [0.25, 0.3) is 0 Å². The highest BCUT2D eigenvalue weighted by Crippen LogP contribution is 2.56. The quantitative estimate of drug-likeness (QED) is 0.227. The summed E-state index contributed by atoms with van der Waals surface area (Å²) in [6.45, 7) is 11.3. The second-order valence-electron chi connectivity index (χ2n) is 12.5. The summed E-state index contributed by atoms with van der Waals surface area (Å²) < 4.78 is 0. The Labute approximate surface area is 230 Å². The van der Waals surface area contributed by atoms with Gasteiger partial charge >= 0.3 is 0 Å². The van der Waals surface area contributed by atoms with Crippen LogP contribution < -0.4 is 0 Å². The molecular weight excluding hydrogens is 456 g/mol. The van der Waals surface area contributed by atoms with E-state index < -0.39 is 0 Å². The largest absolute Gasteiger partial charge is 0.0588 e. The summed E-state index contributed by atoms with van der Waals surface area (Å²) in [7, 11) is 0. The van der Waals surface area contributed by atoms with E-state index in [0.29, 0.717) is 11.8 Å². The third-order valence-corrected chi connectivity index (χ3v) is 9.91. The molecule has 0 nitrogen and oxygen atoms in total. The molecule has 4 aromatic rings. The molecule has 0 bridgehead atoms. The van der Waals surface area contributed by atoms with Gasteiger partial charge in [0.25, 0.3) is 0 Å². The fourth-order valence-electron chi connectivity index (χ4n) is 6.57. The first kappa shape index (κ1) is 25.2. The molecule has 194 valence electrons. The summed E-state index contributed by atoms with van der Waals surface area (Å²) in [4.78, 5) is 0. The van der Waals surface area contributed by atoms with Crippen LogP contribution in [0.2, 0.25) is 0 Å². The molecule has 4 aromatic carbocycles. The van der Waals surface area contributed by atoms with E-state index in [9.17, 15) is 0 Å². The van der Waals surface area contributed by atoms with Gasteiger partial charge in [0.15, 0.2) is 0 Å². The van der Waals surface area contributed by atoms with E-state index in [0.717, 1.165) is 18.8 Å². The molecule has 2 saturated carbocycles. The molecule has 3 atom stereocenters. The fraction of sp³-hybridized carbons (Fsp3) is 0.368. The zero-order chi connectivity index (χ0) is 26.4. The van der Waals surface area contributed by atoms with Gasteiger partial charge in [-0.15, -0.1) is 0 Å². The number of aryl methyl sites for hydroxylation is 6.